The maximum absolute atomic E-state index is 4.61. The van der Waals surface area contributed by atoms with Gasteiger partial charge in [0.25, 0.3) is 0 Å². The van der Waals surface area contributed by atoms with Crippen molar-refractivity contribution in [3.8, 4) is 0 Å². The largest absolute Gasteiger partial charge is 0.363 e. The summed E-state index contributed by atoms with van der Waals surface area (Å²) in [6.07, 6.45) is 12.3. The van der Waals surface area contributed by atoms with Crippen molar-refractivity contribution in [2.75, 3.05) is 5.32 Å². The summed E-state index contributed by atoms with van der Waals surface area (Å²) >= 11 is 0. The van der Waals surface area contributed by atoms with Crippen LogP contribution in [0, 0.1) is 0 Å². The van der Waals surface area contributed by atoms with Gasteiger partial charge in [0.1, 0.15) is 5.82 Å². The Kier molecular flexibility index (Phi) is 3.21. The fourth-order valence-corrected chi connectivity index (χ4v) is 2.42. The van der Waals surface area contributed by atoms with Crippen molar-refractivity contribution in [3.63, 3.8) is 0 Å². The highest BCUT2D eigenvalue weighted by Crippen LogP contribution is 2.28. The molecule has 1 N–H and O–H groups in total. The predicted octanol–water partition coefficient (Wildman–Crippen LogP) is 2.40. The van der Waals surface area contributed by atoms with E-state index in [1.807, 2.05) is 0 Å². The lowest BCUT2D eigenvalue weighted by molar-refractivity contribution is 0.463. The van der Waals surface area contributed by atoms with E-state index in [4.69, 9.17) is 0 Å². The van der Waals surface area contributed by atoms with E-state index >= 15 is 0 Å². The third-order valence-electron chi connectivity index (χ3n) is 3.38. The molecule has 0 bridgehead atoms. The molecule has 18 heavy (non-hydrogen) atoms. The van der Waals surface area contributed by atoms with Crippen LogP contribution in [0.4, 0.5) is 5.82 Å². The van der Waals surface area contributed by atoms with E-state index in [1.54, 1.807) is 18.6 Å². The van der Waals surface area contributed by atoms with Gasteiger partial charge in [0, 0.05) is 18.6 Å². The zero-order chi connectivity index (χ0) is 12.2. The van der Waals surface area contributed by atoms with Crippen LogP contribution in [0.25, 0.3) is 0 Å². The summed E-state index contributed by atoms with van der Waals surface area (Å²) in [6.45, 7) is 0.693. The van der Waals surface area contributed by atoms with E-state index in [2.05, 4.69) is 37.3 Å². The number of anilines is 1. The lowest BCUT2D eigenvalue weighted by atomic mass is 10.3. The molecule has 1 fully saturated rings. The van der Waals surface area contributed by atoms with Crippen molar-refractivity contribution in [3.05, 3.63) is 36.5 Å². The van der Waals surface area contributed by atoms with Crippen LogP contribution in [0.3, 0.4) is 0 Å². The Morgan fingerprint density at radius 2 is 2.17 bits per heavy atom. The Morgan fingerprint density at radius 1 is 1.28 bits per heavy atom. The molecule has 1 aliphatic rings. The van der Waals surface area contributed by atoms with Gasteiger partial charge in [-0.05, 0) is 18.9 Å². The first-order chi connectivity index (χ1) is 8.92. The average Bonchev–Trinajstić information content (AvgIpc) is 3.08. The highest BCUT2D eigenvalue weighted by atomic mass is 15.3. The predicted molar refractivity (Wildman–Crippen MR) is 69.1 cm³/mol. The minimum absolute atomic E-state index is 0.607. The topological polar surface area (TPSA) is 55.6 Å². The zero-order valence-corrected chi connectivity index (χ0v) is 10.3. The number of hydrogen-bond donors (Lipinski definition) is 1. The smallest absolute Gasteiger partial charge is 0.144 e. The normalized spacial score (nSPS) is 16.0. The highest BCUT2D eigenvalue weighted by molar-refractivity contribution is 5.30. The van der Waals surface area contributed by atoms with Crippen molar-refractivity contribution >= 4 is 5.82 Å². The monoisotopic (exact) mass is 243 g/mol. The molecule has 0 saturated heterocycles. The first kappa shape index (κ1) is 11.2. The number of nitrogens with one attached hydrogen (secondary N) is 1. The molecule has 0 radical (unpaired) electrons. The first-order valence-corrected chi connectivity index (χ1v) is 6.46. The maximum Gasteiger partial charge on any atom is 0.144 e. The van der Waals surface area contributed by atoms with Crippen LogP contribution < -0.4 is 5.32 Å². The summed E-state index contributed by atoms with van der Waals surface area (Å²) in [4.78, 5) is 8.18. The molecule has 0 atom stereocenters. The molecule has 0 aliphatic heterocycles. The molecule has 0 spiro atoms. The lowest BCUT2D eigenvalue weighted by Gasteiger charge is -2.09. The fourth-order valence-electron chi connectivity index (χ4n) is 2.42. The maximum atomic E-state index is 4.61. The molecular formula is C13H17N5. The van der Waals surface area contributed by atoms with E-state index in [9.17, 15) is 0 Å². The third-order valence-corrected chi connectivity index (χ3v) is 3.38. The van der Waals surface area contributed by atoms with Gasteiger partial charge in [0.2, 0.25) is 0 Å². The summed E-state index contributed by atoms with van der Waals surface area (Å²) in [7, 11) is 0. The average molecular weight is 243 g/mol. The van der Waals surface area contributed by atoms with Gasteiger partial charge < -0.3 is 5.32 Å². The van der Waals surface area contributed by atoms with Gasteiger partial charge in [-0.25, -0.2) is 4.98 Å². The summed E-state index contributed by atoms with van der Waals surface area (Å²) in [6, 6.07) is 2.68. The van der Waals surface area contributed by atoms with Gasteiger partial charge in [-0.1, -0.05) is 12.8 Å². The number of hydrogen-bond acceptors (Lipinski definition) is 4. The molecule has 2 heterocycles. The molecule has 0 unspecified atom stereocenters. The van der Waals surface area contributed by atoms with Crippen LogP contribution in [-0.2, 0) is 6.54 Å². The van der Waals surface area contributed by atoms with Crippen molar-refractivity contribution in [1.82, 2.24) is 19.7 Å². The fraction of sp³-hybridized carbons (Fsp3) is 0.462. The molecule has 1 saturated carbocycles. The Bertz CT molecular complexity index is 487. The number of aromatic nitrogens is 4. The van der Waals surface area contributed by atoms with Gasteiger partial charge in [-0.3, -0.25) is 9.67 Å². The van der Waals surface area contributed by atoms with Gasteiger partial charge in [-0.15, -0.1) is 0 Å². The second kappa shape index (κ2) is 5.16. The van der Waals surface area contributed by atoms with Crippen molar-refractivity contribution in [2.24, 2.45) is 0 Å². The van der Waals surface area contributed by atoms with Crippen molar-refractivity contribution in [2.45, 2.75) is 38.3 Å². The van der Waals surface area contributed by atoms with Crippen molar-refractivity contribution < 1.29 is 0 Å². The lowest BCUT2D eigenvalue weighted by Crippen LogP contribution is -2.07. The number of rotatable bonds is 4. The molecule has 1 aliphatic carbocycles. The Morgan fingerprint density at radius 3 is 2.94 bits per heavy atom. The molecule has 5 heteroatoms. The summed E-state index contributed by atoms with van der Waals surface area (Å²) in [5.74, 6) is 0.785. The second-order valence-electron chi connectivity index (χ2n) is 4.67. The van der Waals surface area contributed by atoms with Crippen LogP contribution in [0.5, 0.6) is 0 Å². The minimum atomic E-state index is 0.607. The van der Waals surface area contributed by atoms with E-state index in [-0.39, 0.29) is 0 Å². The quantitative estimate of drug-likeness (QED) is 0.895. The second-order valence-corrected chi connectivity index (χ2v) is 4.67. The number of nitrogens with zero attached hydrogens (tertiary/aromatic N) is 4. The third kappa shape index (κ3) is 2.50. The summed E-state index contributed by atoms with van der Waals surface area (Å²) < 4.78 is 2.11. The van der Waals surface area contributed by atoms with E-state index < -0.39 is 0 Å². The van der Waals surface area contributed by atoms with Gasteiger partial charge >= 0.3 is 0 Å². The highest BCUT2D eigenvalue weighted by Gasteiger charge is 2.17. The summed E-state index contributed by atoms with van der Waals surface area (Å²) in [5, 5.41) is 7.83. The van der Waals surface area contributed by atoms with Crippen LogP contribution in [0.15, 0.2) is 30.9 Å². The molecule has 0 aromatic carbocycles. The SMILES string of the molecule is c1cnc(NCc2ccn(C3CCCC3)n2)cn1. The van der Waals surface area contributed by atoms with Gasteiger partial charge in [-0.2, -0.15) is 5.10 Å². The molecule has 0 amide bonds. The van der Waals surface area contributed by atoms with Gasteiger partial charge in [0.15, 0.2) is 0 Å². The molecule has 3 rings (SSSR count). The molecule has 94 valence electrons. The summed E-state index contributed by atoms with van der Waals surface area (Å²) in [5.41, 5.74) is 1.05. The Balaban J connectivity index is 1.60. The molecular weight excluding hydrogens is 226 g/mol. The van der Waals surface area contributed by atoms with Crippen molar-refractivity contribution in [1.29, 1.82) is 0 Å². The Labute approximate surface area is 106 Å². The van der Waals surface area contributed by atoms with E-state index in [0.717, 1.165) is 11.5 Å². The minimum Gasteiger partial charge on any atom is -0.363 e. The first-order valence-electron chi connectivity index (χ1n) is 6.46. The molecule has 5 nitrogen and oxygen atoms in total. The van der Waals surface area contributed by atoms with Crippen LogP contribution in [0.1, 0.15) is 37.4 Å². The van der Waals surface area contributed by atoms with E-state index in [0.29, 0.717) is 12.6 Å². The standard InChI is InChI=1S/C13H17N5/c1-2-4-12(3-1)18-8-5-11(17-18)9-16-13-10-14-6-7-15-13/h5-8,10,12H,1-4,9H2,(H,15,16). The Hall–Kier alpha value is -1.91. The molecule has 2 aromatic rings. The van der Waals surface area contributed by atoms with Crippen LogP contribution in [0.2, 0.25) is 0 Å². The zero-order valence-electron chi connectivity index (χ0n) is 10.3. The van der Waals surface area contributed by atoms with E-state index in [1.165, 1.54) is 25.7 Å². The van der Waals surface area contributed by atoms with Crippen LogP contribution in [-0.4, -0.2) is 19.7 Å². The van der Waals surface area contributed by atoms with Crippen LogP contribution >= 0.6 is 0 Å². The molecule has 2 aromatic heterocycles. The van der Waals surface area contributed by atoms with Gasteiger partial charge in [0.05, 0.1) is 24.5 Å².